The van der Waals surface area contributed by atoms with Gasteiger partial charge in [0.1, 0.15) is 18.2 Å². The number of sulfone groups is 1. The zero-order valence-corrected chi connectivity index (χ0v) is 23.6. The van der Waals surface area contributed by atoms with Crippen LogP contribution in [-0.4, -0.2) is 60.5 Å². The Bertz CT molecular complexity index is 1940. The van der Waals surface area contributed by atoms with Gasteiger partial charge in [-0.3, -0.25) is 9.78 Å². The molecule has 15 heteroatoms. The van der Waals surface area contributed by atoms with Crippen LogP contribution in [0.25, 0.3) is 10.9 Å². The van der Waals surface area contributed by atoms with Gasteiger partial charge in [0.25, 0.3) is 11.8 Å². The van der Waals surface area contributed by atoms with Crippen molar-refractivity contribution in [2.45, 2.75) is 41.8 Å². The summed E-state index contributed by atoms with van der Waals surface area (Å²) in [5.74, 6) is -3.97. The number of hydrogen-bond donors (Lipinski definition) is 1. The van der Waals surface area contributed by atoms with Crippen molar-refractivity contribution in [2.75, 3.05) is 24.7 Å². The summed E-state index contributed by atoms with van der Waals surface area (Å²) in [6.45, 7) is -0.550. The number of nitrogens with zero attached hydrogens (tertiary/aromatic N) is 4. The molecule has 1 aliphatic carbocycles. The predicted molar refractivity (Wildman–Crippen MR) is 148 cm³/mol. The summed E-state index contributed by atoms with van der Waals surface area (Å²) in [5, 5.41) is 3.28. The van der Waals surface area contributed by atoms with Crippen LogP contribution in [0.4, 0.5) is 29.2 Å². The van der Waals surface area contributed by atoms with Crippen LogP contribution in [0.15, 0.2) is 53.7 Å². The summed E-state index contributed by atoms with van der Waals surface area (Å²) in [5.41, 5.74) is -1.63. The number of hydrogen-bond acceptors (Lipinski definition) is 9. The van der Waals surface area contributed by atoms with Crippen LogP contribution >= 0.6 is 0 Å². The van der Waals surface area contributed by atoms with Gasteiger partial charge in [-0.05, 0) is 42.0 Å². The van der Waals surface area contributed by atoms with E-state index in [0.29, 0.717) is 52.7 Å². The van der Waals surface area contributed by atoms with Crippen molar-refractivity contribution in [3.05, 3.63) is 77.0 Å². The van der Waals surface area contributed by atoms with Gasteiger partial charge >= 0.3 is 0 Å². The number of rotatable bonds is 5. The van der Waals surface area contributed by atoms with E-state index in [2.05, 4.69) is 15.3 Å². The molecule has 1 amide bonds. The summed E-state index contributed by atoms with van der Waals surface area (Å²) in [7, 11) is -4.55. The highest BCUT2D eigenvalue weighted by atomic mass is 32.2. The summed E-state index contributed by atoms with van der Waals surface area (Å²) in [4.78, 5) is 27.5. The molecule has 1 N–H and O–H groups in total. The van der Waals surface area contributed by atoms with Gasteiger partial charge < -0.3 is 19.7 Å². The Kier molecular flexibility index (Phi) is 6.69. The Labute approximate surface area is 248 Å². The van der Waals surface area contributed by atoms with E-state index in [1.807, 2.05) is 11.0 Å². The number of nitrogens with one attached hydrogen (secondary N) is 1. The minimum atomic E-state index is -4.55. The van der Waals surface area contributed by atoms with Gasteiger partial charge in [0.15, 0.2) is 11.6 Å². The Hall–Kier alpha value is -4.37. The number of anilines is 2. The molecule has 3 aromatic heterocycles. The third-order valence-corrected chi connectivity index (χ3v) is 9.57. The molecule has 0 saturated heterocycles. The number of benzene rings is 1. The molecular formula is C29H23F4N5O5S. The first-order valence-corrected chi connectivity index (χ1v) is 15.2. The van der Waals surface area contributed by atoms with Gasteiger partial charge in [0.2, 0.25) is 15.3 Å². The fraction of sp³-hybridized carbons (Fsp3) is 0.310. The number of aromatic nitrogens is 3. The fourth-order valence-corrected chi connectivity index (χ4v) is 6.63. The van der Waals surface area contributed by atoms with Gasteiger partial charge in [-0.1, -0.05) is 0 Å². The van der Waals surface area contributed by atoms with E-state index in [-0.39, 0.29) is 24.1 Å². The van der Waals surface area contributed by atoms with Crippen LogP contribution in [-0.2, 0) is 27.7 Å². The zero-order chi connectivity index (χ0) is 30.8. The van der Waals surface area contributed by atoms with Crippen LogP contribution < -0.4 is 15.0 Å². The maximum absolute atomic E-state index is 14.7. The van der Waals surface area contributed by atoms with E-state index in [4.69, 9.17) is 14.5 Å². The smallest absolute Gasteiger partial charge is 0.255 e. The van der Waals surface area contributed by atoms with E-state index >= 15 is 0 Å². The van der Waals surface area contributed by atoms with E-state index in [0.717, 1.165) is 12.1 Å². The van der Waals surface area contributed by atoms with Gasteiger partial charge in [-0.15, -0.1) is 0 Å². The Balaban J connectivity index is 1.11. The monoisotopic (exact) mass is 629 g/mol. The molecule has 0 radical (unpaired) electrons. The second-order valence-electron chi connectivity index (χ2n) is 10.7. The summed E-state index contributed by atoms with van der Waals surface area (Å²) < 4.78 is 91.8. The summed E-state index contributed by atoms with van der Waals surface area (Å²) >= 11 is 0. The van der Waals surface area contributed by atoms with Crippen molar-refractivity contribution in [3.63, 3.8) is 0 Å². The molecule has 0 unspecified atom stereocenters. The lowest BCUT2D eigenvalue weighted by Gasteiger charge is -2.29. The molecule has 2 atom stereocenters. The van der Waals surface area contributed by atoms with E-state index in [1.54, 1.807) is 24.4 Å². The number of alkyl halides is 3. The van der Waals surface area contributed by atoms with Crippen LogP contribution in [0.2, 0.25) is 0 Å². The first-order valence-electron chi connectivity index (χ1n) is 13.6. The predicted octanol–water partition coefficient (Wildman–Crippen LogP) is 4.35. The Morgan fingerprint density at radius 3 is 2.75 bits per heavy atom. The topological polar surface area (TPSA) is 124 Å². The standard InChI is InChI=1S/C29H23F4N5O5S/c30-21-5-16(7-24-19(21)13-42-14-25(31)44(24,40)41)28(39)36-12-18-8-22-15(10-34-18)1-2-26(37-22)38-3-4-43-23-6-17(11-35-27(23)38)20-9-29(20,32)33/h1-2,5-8,10-11,20,25H,3-4,9,12-14H2,(H,36,39)/t20-,25-/m1/s1. The quantitative estimate of drug-likeness (QED) is 0.321. The molecule has 1 saturated carbocycles. The van der Waals surface area contributed by atoms with E-state index < -0.39 is 57.0 Å². The van der Waals surface area contributed by atoms with Gasteiger partial charge in [-0.25, -0.2) is 35.9 Å². The third-order valence-electron chi connectivity index (χ3n) is 7.79. The highest BCUT2D eigenvalue weighted by molar-refractivity contribution is 7.92. The van der Waals surface area contributed by atoms with Gasteiger partial charge in [0.05, 0.1) is 48.3 Å². The molecule has 0 bridgehead atoms. The van der Waals surface area contributed by atoms with Crippen molar-refractivity contribution >= 4 is 38.3 Å². The first-order chi connectivity index (χ1) is 21.0. The number of fused-ring (bicyclic) bond motifs is 3. The molecule has 1 fully saturated rings. The second kappa shape index (κ2) is 10.4. The van der Waals surface area contributed by atoms with Crippen molar-refractivity contribution in [1.29, 1.82) is 0 Å². The second-order valence-corrected chi connectivity index (χ2v) is 12.8. The molecule has 5 heterocycles. The van der Waals surface area contributed by atoms with E-state index in [1.165, 1.54) is 6.20 Å². The molecule has 7 rings (SSSR count). The Morgan fingerprint density at radius 1 is 1.14 bits per heavy atom. The summed E-state index contributed by atoms with van der Waals surface area (Å²) in [6, 6.07) is 8.65. The van der Waals surface area contributed by atoms with Crippen LogP contribution in [0.1, 0.15) is 39.5 Å². The number of halogens is 4. The normalized spacial score (nSPS) is 21.5. The fourth-order valence-electron chi connectivity index (χ4n) is 5.29. The number of pyridine rings is 3. The lowest BCUT2D eigenvalue weighted by Crippen LogP contribution is -2.30. The highest BCUT2D eigenvalue weighted by Gasteiger charge is 2.58. The minimum absolute atomic E-state index is 0.0997. The van der Waals surface area contributed by atoms with E-state index in [9.17, 15) is 30.8 Å². The SMILES string of the molecule is O=C(NCc1cc2nc(N3CCOc4cc([C@H]5CC5(F)F)cnc43)ccc2cn1)c1cc(F)c2c(c1)S(=O)(=O)[C@@H](F)COC2. The average molecular weight is 630 g/mol. The molecular weight excluding hydrogens is 606 g/mol. The molecule has 0 spiro atoms. The van der Waals surface area contributed by atoms with Crippen molar-refractivity contribution in [1.82, 2.24) is 20.3 Å². The average Bonchev–Trinajstić information content (AvgIpc) is 3.68. The lowest BCUT2D eigenvalue weighted by atomic mass is 10.1. The lowest BCUT2D eigenvalue weighted by molar-refractivity contribution is 0.0938. The first kappa shape index (κ1) is 28.4. The van der Waals surface area contributed by atoms with Gasteiger partial charge in [-0.2, -0.15) is 0 Å². The maximum atomic E-state index is 14.7. The molecule has 228 valence electrons. The molecule has 4 aromatic rings. The highest BCUT2D eigenvalue weighted by Crippen LogP contribution is 2.56. The molecule has 3 aliphatic rings. The third kappa shape index (κ3) is 4.99. The maximum Gasteiger partial charge on any atom is 0.255 e. The van der Waals surface area contributed by atoms with Crippen molar-refractivity contribution in [3.8, 4) is 5.75 Å². The number of carbonyl (C=O) groups is 1. The molecule has 44 heavy (non-hydrogen) atoms. The number of carbonyl (C=O) groups excluding carboxylic acids is 1. The largest absolute Gasteiger partial charge is 0.488 e. The van der Waals surface area contributed by atoms with Crippen molar-refractivity contribution in [2.24, 2.45) is 0 Å². The van der Waals surface area contributed by atoms with Gasteiger partial charge in [0, 0.05) is 35.3 Å². The molecule has 2 aliphatic heterocycles. The van der Waals surface area contributed by atoms with Crippen LogP contribution in [0.5, 0.6) is 5.75 Å². The van der Waals surface area contributed by atoms with Crippen LogP contribution in [0.3, 0.4) is 0 Å². The molecule has 1 aromatic carbocycles. The minimum Gasteiger partial charge on any atom is -0.488 e. The summed E-state index contributed by atoms with van der Waals surface area (Å²) in [6.07, 6.45) is 2.80. The number of amides is 1. The molecule has 10 nitrogen and oxygen atoms in total. The van der Waals surface area contributed by atoms with Crippen LogP contribution in [0, 0.1) is 5.82 Å². The zero-order valence-electron chi connectivity index (χ0n) is 22.8. The van der Waals surface area contributed by atoms with Crippen molar-refractivity contribution < 1.29 is 40.2 Å². The Morgan fingerprint density at radius 2 is 1.95 bits per heavy atom. The number of ether oxygens (including phenoxy) is 2.